The lowest BCUT2D eigenvalue weighted by Gasteiger charge is -2.27. The number of carbonyl (C=O) groups excluding carboxylic acids is 2. The van der Waals surface area contributed by atoms with E-state index in [0.717, 1.165) is 42.5 Å². The molecule has 0 radical (unpaired) electrons. The molecule has 0 saturated heterocycles. The van der Waals surface area contributed by atoms with E-state index in [1.807, 2.05) is 45.0 Å². The van der Waals surface area contributed by atoms with Gasteiger partial charge in [-0.1, -0.05) is 68.5 Å². The maximum absolute atomic E-state index is 13.0. The molecule has 1 fully saturated rings. The van der Waals surface area contributed by atoms with Crippen molar-refractivity contribution in [3.63, 3.8) is 0 Å². The Balaban J connectivity index is 1.39. The number of carbonyl (C=O) groups is 2. The van der Waals surface area contributed by atoms with Crippen LogP contribution in [0.3, 0.4) is 0 Å². The Labute approximate surface area is 258 Å². The van der Waals surface area contributed by atoms with Gasteiger partial charge in [0.05, 0.1) is 18.5 Å². The van der Waals surface area contributed by atoms with Gasteiger partial charge in [-0.15, -0.1) is 0 Å². The highest BCUT2D eigenvalue weighted by Gasteiger charge is 2.30. The van der Waals surface area contributed by atoms with Gasteiger partial charge in [0.25, 0.3) is 0 Å². The van der Waals surface area contributed by atoms with E-state index in [2.05, 4.69) is 5.32 Å². The van der Waals surface area contributed by atoms with Gasteiger partial charge in [-0.05, 0) is 86.2 Å². The quantitative estimate of drug-likeness (QED) is 0.126. The van der Waals surface area contributed by atoms with Crippen molar-refractivity contribution >= 4 is 11.8 Å². The van der Waals surface area contributed by atoms with Crippen LogP contribution < -0.4 is 10.1 Å². The summed E-state index contributed by atoms with van der Waals surface area (Å²) in [6.45, 7) is 5.91. The highest BCUT2D eigenvalue weighted by Crippen LogP contribution is 2.36. The van der Waals surface area contributed by atoms with E-state index < -0.39 is 17.3 Å². The van der Waals surface area contributed by atoms with E-state index in [9.17, 15) is 22.8 Å². The first-order valence-corrected chi connectivity index (χ1v) is 15.4. The van der Waals surface area contributed by atoms with Crippen LogP contribution in [-0.2, 0) is 15.7 Å². The Hall–Kier alpha value is -3.65. The van der Waals surface area contributed by atoms with Gasteiger partial charge in [-0.3, -0.25) is 9.59 Å². The van der Waals surface area contributed by atoms with Crippen LogP contribution in [0.2, 0.25) is 0 Å². The first kappa shape index (κ1) is 33.2. The highest BCUT2D eigenvalue weighted by atomic mass is 19.4. The summed E-state index contributed by atoms with van der Waals surface area (Å²) < 4.78 is 50.7. The summed E-state index contributed by atoms with van der Waals surface area (Å²) in [5.41, 5.74) is 1.90. The third-order valence-corrected chi connectivity index (χ3v) is 7.77. The zero-order valence-corrected chi connectivity index (χ0v) is 25.7. The molecule has 5 nitrogen and oxygen atoms in total. The predicted molar refractivity (Wildman–Crippen MR) is 166 cm³/mol. The average Bonchev–Trinajstić information content (AvgIpc) is 2.99. The number of hydrogen-bond donors (Lipinski definition) is 1. The van der Waals surface area contributed by atoms with Crippen LogP contribution >= 0.6 is 0 Å². The number of esters is 1. The van der Waals surface area contributed by atoms with Crippen molar-refractivity contribution in [3.8, 4) is 16.9 Å². The van der Waals surface area contributed by atoms with Crippen molar-refractivity contribution in [1.82, 2.24) is 5.32 Å². The number of benzene rings is 3. The minimum Gasteiger partial charge on any atom is -0.486 e. The molecular weight excluding hydrogens is 567 g/mol. The molecule has 0 spiro atoms. The van der Waals surface area contributed by atoms with Gasteiger partial charge in [0, 0.05) is 12.1 Å². The molecule has 8 heteroatoms. The van der Waals surface area contributed by atoms with Crippen LogP contribution in [0.25, 0.3) is 11.1 Å². The second-order valence-corrected chi connectivity index (χ2v) is 12.5. The van der Waals surface area contributed by atoms with Gasteiger partial charge in [-0.2, -0.15) is 13.2 Å². The van der Waals surface area contributed by atoms with Gasteiger partial charge < -0.3 is 14.8 Å². The van der Waals surface area contributed by atoms with E-state index >= 15 is 0 Å². The second-order valence-electron chi connectivity index (χ2n) is 12.5. The molecule has 1 N–H and O–H groups in total. The molecule has 1 unspecified atom stereocenters. The first-order chi connectivity index (χ1) is 20.9. The molecule has 3 aromatic carbocycles. The molecule has 1 aliphatic rings. The second kappa shape index (κ2) is 14.9. The molecule has 0 bridgehead atoms. The summed E-state index contributed by atoms with van der Waals surface area (Å²) in [6.07, 6.45) is 2.51. The maximum Gasteiger partial charge on any atom is 0.416 e. The van der Waals surface area contributed by atoms with Crippen molar-refractivity contribution < 1.29 is 32.2 Å². The van der Waals surface area contributed by atoms with Crippen LogP contribution in [0.5, 0.6) is 5.75 Å². The first-order valence-electron chi connectivity index (χ1n) is 15.4. The Morgan fingerprint density at radius 1 is 0.841 bits per heavy atom. The lowest BCUT2D eigenvalue weighted by Crippen LogP contribution is -2.29. The van der Waals surface area contributed by atoms with E-state index in [-0.39, 0.29) is 30.8 Å². The molecule has 0 heterocycles. The van der Waals surface area contributed by atoms with Gasteiger partial charge in [-0.25, -0.2) is 0 Å². The van der Waals surface area contributed by atoms with Crippen molar-refractivity contribution in [2.75, 3.05) is 13.1 Å². The number of alkyl halides is 3. The topological polar surface area (TPSA) is 64.6 Å². The fraction of sp³-hybridized carbons (Fsp3) is 0.444. The van der Waals surface area contributed by atoms with Crippen molar-refractivity contribution in [2.24, 2.45) is 5.92 Å². The largest absolute Gasteiger partial charge is 0.486 e. The lowest BCUT2D eigenvalue weighted by atomic mass is 9.84. The van der Waals surface area contributed by atoms with E-state index in [1.165, 1.54) is 31.4 Å². The third-order valence-electron chi connectivity index (χ3n) is 7.77. The summed E-state index contributed by atoms with van der Waals surface area (Å²) in [6, 6.07) is 20.1. The van der Waals surface area contributed by atoms with E-state index in [0.29, 0.717) is 29.3 Å². The summed E-state index contributed by atoms with van der Waals surface area (Å²) >= 11 is 0. The number of nitrogens with one attached hydrogen (secondary N) is 1. The van der Waals surface area contributed by atoms with E-state index in [4.69, 9.17) is 9.47 Å². The number of rotatable bonds is 12. The molecule has 1 saturated carbocycles. The number of ether oxygens (including phenoxy) is 2. The van der Waals surface area contributed by atoms with Crippen molar-refractivity contribution in [2.45, 2.75) is 83.6 Å². The number of ketones is 1. The normalized spacial score (nSPS) is 15.0. The van der Waals surface area contributed by atoms with Crippen molar-refractivity contribution in [1.29, 1.82) is 0 Å². The number of Topliss-reactive ketones (excluding diaryl/α,β-unsaturated/α-hetero) is 1. The van der Waals surface area contributed by atoms with Crippen LogP contribution in [0.15, 0.2) is 72.8 Å². The smallest absolute Gasteiger partial charge is 0.416 e. The molecule has 1 atom stereocenters. The summed E-state index contributed by atoms with van der Waals surface area (Å²) in [4.78, 5) is 24.5. The Kier molecular flexibility index (Phi) is 11.2. The molecule has 1 aliphatic carbocycles. The molecule has 0 aromatic heterocycles. The average molecular weight is 610 g/mol. The third kappa shape index (κ3) is 10.2. The van der Waals surface area contributed by atoms with Crippen LogP contribution in [0, 0.1) is 5.92 Å². The fourth-order valence-corrected chi connectivity index (χ4v) is 5.49. The SMILES string of the molecule is CC(C)(C)OC(=O)CCNCC(=O)c1ccc(OC(CC2CCCCC2)c2ccc(-c3ccc(C(F)(F)F)cc3)cc2)cc1. The molecule has 0 aliphatic heterocycles. The van der Waals surface area contributed by atoms with Crippen molar-refractivity contribution in [3.05, 3.63) is 89.5 Å². The van der Waals surface area contributed by atoms with E-state index in [1.54, 1.807) is 24.3 Å². The van der Waals surface area contributed by atoms with Gasteiger partial charge in [0.2, 0.25) is 0 Å². The van der Waals surface area contributed by atoms with Crippen LogP contribution in [0.4, 0.5) is 13.2 Å². The zero-order valence-electron chi connectivity index (χ0n) is 25.7. The zero-order chi connectivity index (χ0) is 31.7. The molecule has 4 rings (SSSR count). The summed E-state index contributed by atoms with van der Waals surface area (Å²) in [5, 5.41) is 3.01. The monoisotopic (exact) mass is 609 g/mol. The Bertz CT molecular complexity index is 1350. The van der Waals surface area contributed by atoms with Crippen LogP contribution in [-0.4, -0.2) is 30.4 Å². The maximum atomic E-state index is 13.0. The summed E-state index contributed by atoms with van der Waals surface area (Å²) in [7, 11) is 0. The molecule has 3 aromatic rings. The molecule has 0 amide bonds. The lowest BCUT2D eigenvalue weighted by molar-refractivity contribution is -0.154. The number of hydrogen-bond acceptors (Lipinski definition) is 5. The molecule has 44 heavy (non-hydrogen) atoms. The standard InChI is InChI=1S/C36H42F3NO4/c1-35(2,3)44-34(42)21-22-40-24-32(41)28-15-19-31(20-16-28)43-33(23-25-7-5-4-6-8-25)29-11-9-26(10-12-29)27-13-17-30(18-14-27)36(37,38)39/h9-20,25,33,40H,4-8,21-24H2,1-3H3. The molecular formula is C36H42F3NO4. The molecule has 236 valence electrons. The minimum absolute atomic E-state index is 0.0849. The highest BCUT2D eigenvalue weighted by molar-refractivity contribution is 5.97. The van der Waals surface area contributed by atoms with Gasteiger partial charge in [0.1, 0.15) is 17.5 Å². The fourth-order valence-electron chi connectivity index (χ4n) is 5.49. The van der Waals surface area contributed by atoms with Crippen LogP contribution in [0.1, 0.15) is 93.3 Å². The Morgan fingerprint density at radius 3 is 2.00 bits per heavy atom. The minimum atomic E-state index is -4.36. The van der Waals surface area contributed by atoms with Gasteiger partial charge in [0.15, 0.2) is 5.78 Å². The number of halogens is 3. The summed E-state index contributed by atoms with van der Waals surface area (Å²) in [5.74, 6) is 0.817. The Morgan fingerprint density at radius 2 is 1.43 bits per heavy atom. The predicted octanol–water partition coefficient (Wildman–Crippen LogP) is 8.97. The van der Waals surface area contributed by atoms with Gasteiger partial charge >= 0.3 is 12.1 Å².